The van der Waals surface area contributed by atoms with Crippen LogP contribution in [0.1, 0.15) is 50.1 Å². The molecule has 0 N–H and O–H groups in total. The van der Waals surface area contributed by atoms with Gasteiger partial charge >= 0.3 is 0 Å². The summed E-state index contributed by atoms with van der Waals surface area (Å²) in [5, 5.41) is 4.12. The molecule has 0 amide bonds. The summed E-state index contributed by atoms with van der Waals surface area (Å²) in [5.41, 5.74) is 0.650. The van der Waals surface area contributed by atoms with Gasteiger partial charge in [0.25, 0.3) is 0 Å². The molecule has 1 fully saturated rings. The fourth-order valence-electron chi connectivity index (χ4n) is 3.17. The number of ether oxygens (including phenoxy) is 2. The van der Waals surface area contributed by atoms with Crippen LogP contribution in [0.3, 0.4) is 0 Å². The lowest BCUT2D eigenvalue weighted by Crippen LogP contribution is -2.31. The van der Waals surface area contributed by atoms with Crippen molar-refractivity contribution < 1.29 is 22.4 Å². The molecular formula is C18H24N2O5S. The van der Waals surface area contributed by atoms with Crippen molar-refractivity contribution in [1.29, 1.82) is 0 Å². The number of hydrogen-bond acceptors (Lipinski definition) is 6. The van der Waals surface area contributed by atoms with Gasteiger partial charge in [-0.15, -0.1) is 0 Å². The minimum absolute atomic E-state index is 0.0961. The van der Waals surface area contributed by atoms with Gasteiger partial charge < -0.3 is 14.0 Å². The molecule has 0 bridgehead atoms. The summed E-state index contributed by atoms with van der Waals surface area (Å²) in [5.74, 6) is 1.70. The van der Waals surface area contributed by atoms with Gasteiger partial charge in [-0.3, -0.25) is 0 Å². The first-order valence-electron chi connectivity index (χ1n) is 8.59. The normalized spacial score (nSPS) is 18.4. The van der Waals surface area contributed by atoms with E-state index in [-0.39, 0.29) is 16.9 Å². The summed E-state index contributed by atoms with van der Waals surface area (Å²) < 4.78 is 44.0. The van der Waals surface area contributed by atoms with Crippen LogP contribution in [0.2, 0.25) is 0 Å². The molecule has 1 aliphatic heterocycles. The predicted molar refractivity (Wildman–Crippen MR) is 96.0 cm³/mol. The molecule has 0 unspecified atom stereocenters. The quantitative estimate of drug-likeness (QED) is 0.764. The molecule has 7 nitrogen and oxygen atoms in total. The zero-order chi connectivity index (χ0) is 18.9. The van der Waals surface area contributed by atoms with E-state index >= 15 is 0 Å². The summed E-state index contributed by atoms with van der Waals surface area (Å²) in [7, 11) is -0.823. The predicted octanol–water partition coefficient (Wildman–Crippen LogP) is 3.34. The molecule has 1 saturated heterocycles. The Morgan fingerprint density at radius 1 is 1.23 bits per heavy atom. The Labute approximate surface area is 153 Å². The van der Waals surface area contributed by atoms with Crippen molar-refractivity contribution in [3.63, 3.8) is 0 Å². The maximum atomic E-state index is 13.3. The van der Waals surface area contributed by atoms with Gasteiger partial charge in [0.1, 0.15) is 27.8 Å². The van der Waals surface area contributed by atoms with Gasteiger partial charge in [-0.1, -0.05) is 19.0 Å². The summed E-state index contributed by atoms with van der Waals surface area (Å²) in [6.45, 7) is 4.44. The first-order chi connectivity index (χ1) is 12.4. The fourth-order valence-corrected chi connectivity index (χ4v) is 5.01. The molecule has 8 heteroatoms. The standard InChI is InChI=1S/C18H24N2O5S/c1-12(2)17-11-14(19-25-17)15-6-5-9-20(15)26(21,22)18-10-13(23-3)7-8-16(18)24-4/h7-8,10-12,15H,5-6,9H2,1-4H3/t15-/m1/s1. The Morgan fingerprint density at radius 2 is 2.00 bits per heavy atom. The zero-order valence-electron chi connectivity index (χ0n) is 15.4. The van der Waals surface area contributed by atoms with Crippen LogP contribution >= 0.6 is 0 Å². The third kappa shape index (κ3) is 3.31. The molecule has 1 aromatic heterocycles. The average Bonchev–Trinajstić information content (AvgIpc) is 3.30. The van der Waals surface area contributed by atoms with Crippen molar-refractivity contribution in [3.05, 3.63) is 35.7 Å². The van der Waals surface area contributed by atoms with Crippen molar-refractivity contribution in [2.24, 2.45) is 0 Å². The molecule has 0 aliphatic carbocycles. The SMILES string of the molecule is COc1ccc(OC)c(S(=O)(=O)N2CCC[C@@H]2c2cc(C(C)C)on2)c1. The van der Waals surface area contributed by atoms with Gasteiger partial charge in [-0.05, 0) is 25.0 Å². The Kier molecular flexibility index (Phi) is 5.24. The molecule has 2 aromatic rings. The van der Waals surface area contributed by atoms with Crippen molar-refractivity contribution in [1.82, 2.24) is 9.46 Å². The van der Waals surface area contributed by atoms with Crippen LogP contribution in [0.4, 0.5) is 0 Å². The van der Waals surface area contributed by atoms with E-state index in [2.05, 4.69) is 5.16 Å². The topological polar surface area (TPSA) is 81.9 Å². The fraction of sp³-hybridized carbons (Fsp3) is 0.500. The van der Waals surface area contributed by atoms with E-state index in [1.165, 1.54) is 24.6 Å². The molecule has 26 heavy (non-hydrogen) atoms. The van der Waals surface area contributed by atoms with Gasteiger partial charge in [-0.2, -0.15) is 4.31 Å². The summed E-state index contributed by atoms with van der Waals surface area (Å²) in [6, 6.07) is 6.28. The van der Waals surface area contributed by atoms with Crippen LogP contribution in [-0.4, -0.2) is 38.6 Å². The maximum absolute atomic E-state index is 13.3. The van der Waals surface area contributed by atoms with Crippen molar-refractivity contribution in [3.8, 4) is 11.5 Å². The van der Waals surface area contributed by atoms with Crippen LogP contribution in [0.15, 0.2) is 33.7 Å². The Bertz CT molecular complexity index is 875. The first kappa shape index (κ1) is 18.7. The number of hydrogen-bond donors (Lipinski definition) is 0. The van der Waals surface area contributed by atoms with Gasteiger partial charge in [0, 0.05) is 24.6 Å². The largest absolute Gasteiger partial charge is 0.497 e. The van der Waals surface area contributed by atoms with E-state index in [9.17, 15) is 8.42 Å². The van der Waals surface area contributed by atoms with Gasteiger partial charge in [0.05, 0.1) is 20.3 Å². The van der Waals surface area contributed by atoms with Crippen molar-refractivity contribution in [2.75, 3.05) is 20.8 Å². The van der Waals surface area contributed by atoms with Crippen LogP contribution < -0.4 is 9.47 Å². The number of benzene rings is 1. The van der Waals surface area contributed by atoms with E-state index in [0.29, 0.717) is 30.2 Å². The van der Waals surface area contributed by atoms with Crippen molar-refractivity contribution >= 4 is 10.0 Å². The van der Waals surface area contributed by atoms with E-state index in [0.717, 1.165) is 12.2 Å². The lowest BCUT2D eigenvalue weighted by atomic mass is 10.1. The van der Waals surface area contributed by atoms with Crippen LogP contribution in [0, 0.1) is 0 Å². The first-order valence-corrected chi connectivity index (χ1v) is 10.0. The number of rotatable bonds is 6. The molecule has 3 rings (SSSR count). The second-order valence-electron chi connectivity index (χ2n) is 6.60. The number of sulfonamides is 1. The molecular weight excluding hydrogens is 356 g/mol. The Morgan fingerprint density at radius 3 is 2.62 bits per heavy atom. The van der Waals surface area contributed by atoms with E-state index in [4.69, 9.17) is 14.0 Å². The van der Waals surface area contributed by atoms with Crippen LogP contribution in [0.5, 0.6) is 11.5 Å². The van der Waals surface area contributed by atoms with Crippen LogP contribution in [0.25, 0.3) is 0 Å². The Balaban J connectivity index is 2.00. The minimum atomic E-state index is -3.78. The molecule has 142 valence electrons. The zero-order valence-corrected chi connectivity index (χ0v) is 16.2. The van der Waals surface area contributed by atoms with Crippen molar-refractivity contribution in [2.45, 2.75) is 43.5 Å². The second-order valence-corrected chi connectivity index (χ2v) is 8.46. The molecule has 1 aliphatic rings. The highest BCUT2D eigenvalue weighted by Gasteiger charge is 2.39. The molecule has 0 spiro atoms. The lowest BCUT2D eigenvalue weighted by molar-refractivity contribution is 0.336. The summed E-state index contributed by atoms with van der Waals surface area (Å²) in [4.78, 5) is 0.0961. The molecule has 2 heterocycles. The highest BCUT2D eigenvalue weighted by molar-refractivity contribution is 7.89. The minimum Gasteiger partial charge on any atom is -0.497 e. The van der Waals surface area contributed by atoms with Gasteiger partial charge in [-0.25, -0.2) is 8.42 Å². The van der Waals surface area contributed by atoms with Crippen LogP contribution in [-0.2, 0) is 10.0 Å². The van der Waals surface area contributed by atoms with E-state index in [1.54, 1.807) is 12.1 Å². The highest BCUT2D eigenvalue weighted by Crippen LogP contribution is 2.39. The van der Waals surface area contributed by atoms with E-state index < -0.39 is 10.0 Å². The molecule has 0 saturated carbocycles. The number of methoxy groups -OCH3 is 2. The van der Waals surface area contributed by atoms with Gasteiger partial charge in [0.15, 0.2) is 0 Å². The third-order valence-electron chi connectivity index (χ3n) is 4.62. The smallest absolute Gasteiger partial charge is 0.247 e. The monoisotopic (exact) mass is 380 g/mol. The molecule has 1 aromatic carbocycles. The highest BCUT2D eigenvalue weighted by atomic mass is 32.2. The maximum Gasteiger partial charge on any atom is 0.247 e. The number of nitrogens with zero attached hydrogens (tertiary/aromatic N) is 2. The summed E-state index contributed by atoms with van der Waals surface area (Å²) >= 11 is 0. The molecule has 0 radical (unpaired) electrons. The van der Waals surface area contributed by atoms with Gasteiger partial charge in [0.2, 0.25) is 10.0 Å². The third-order valence-corrected chi connectivity index (χ3v) is 6.55. The number of aromatic nitrogens is 1. The van der Waals surface area contributed by atoms with E-state index in [1.807, 2.05) is 19.9 Å². The molecule has 1 atom stereocenters. The lowest BCUT2D eigenvalue weighted by Gasteiger charge is -2.23. The summed E-state index contributed by atoms with van der Waals surface area (Å²) in [6.07, 6.45) is 1.47. The Hall–Kier alpha value is -2.06. The second kappa shape index (κ2) is 7.28. The average molecular weight is 380 g/mol.